The third-order valence-electron chi connectivity index (χ3n) is 5.66. The highest BCUT2D eigenvalue weighted by molar-refractivity contribution is 5.89. The molecule has 0 radical (unpaired) electrons. The molecule has 0 spiro atoms. The minimum Gasteiger partial charge on any atom is -0.493 e. The lowest BCUT2D eigenvalue weighted by Crippen LogP contribution is -2.50. The maximum atomic E-state index is 12.9. The Bertz CT molecular complexity index is 1180. The summed E-state index contributed by atoms with van der Waals surface area (Å²) in [6.07, 6.45) is -4.47. The van der Waals surface area contributed by atoms with Crippen LogP contribution in [0.2, 0.25) is 0 Å². The van der Waals surface area contributed by atoms with E-state index >= 15 is 0 Å². The van der Waals surface area contributed by atoms with E-state index in [2.05, 4.69) is 15.5 Å². The second kappa shape index (κ2) is 10.1. The molecule has 2 aromatic carbocycles. The van der Waals surface area contributed by atoms with Crippen molar-refractivity contribution in [3.05, 3.63) is 60.2 Å². The van der Waals surface area contributed by atoms with Crippen LogP contribution in [-0.4, -0.2) is 61.5 Å². The molecular formula is C24H24F3N5O3. The number of anilines is 2. The van der Waals surface area contributed by atoms with Crippen molar-refractivity contribution in [2.24, 2.45) is 0 Å². The van der Waals surface area contributed by atoms with E-state index in [4.69, 9.17) is 9.47 Å². The fourth-order valence-electron chi connectivity index (χ4n) is 3.76. The molecule has 8 nitrogen and oxygen atoms in total. The maximum absolute atomic E-state index is 12.9. The Morgan fingerprint density at radius 1 is 0.914 bits per heavy atom. The molecule has 2 heterocycles. The number of hydrogen-bond donors (Lipinski definition) is 1. The number of nitrogens with one attached hydrogen (secondary N) is 1. The van der Waals surface area contributed by atoms with Crippen molar-refractivity contribution < 1.29 is 27.4 Å². The highest BCUT2D eigenvalue weighted by Crippen LogP contribution is 2.32. The number of nitrogens with zero attached hydrogens (tertiary/aromatic N) is 4. The number of amides is 2. The van der Waals surface area contributed by atoms with Gasteiger partial charge in [-0.1, -0.05) is 6.07 Å². The van der Waals surface area contributed by atoms with E-state index in [0.29, 0.717) is 49.2 Å². The average Bonchev–Trinajstić information content (AvgIpc) is 2.88. The van der Waals surface area contributed by atoms with Crippen LogP contribution in [0.5, 0.6) is 11.5 Å². The van der Waals surface area contributed by atoms with E-state index in [1.165, 1.54) is 12.1 Å². The summed E-state index contributed by atoms with van der Waals surface area (Å²) >= 11 is 0. The van der Waals surface area contributed by atoms with Crippen LogP contribution in [0.3, 0.4) is 0 Å². The lowest BCUT2D eigenvalue weighted by atomic mass is 10.1. The van der Waals surface area contributed by atoms with Crippen LogP contribution in [0.4, 0.5) is 29.5 Å². The smallest absolute Gasteiger partial charge is 0.416 e. The number of urea groups is 1. The summed E-state index contributed by atoms with van der Waals surface area (Å²) in [4.78, 5) is 16.1. The molecule has 11 heteroatoms. The Labute approximate surface area is 200 Å². The highest BCUT2D eigenvalue weighted by atomic mass is 19.4. The van der Waals surface area contributed by atoms with Crippen molar-refractivity contribution in [2.45, 2.75) is 6.18 Å². The number of carbonyl (C=O) groups is 1. The summed E-state index contributed by atoms with van der Waals surface area (Å²) in [5, 5.41) is 11.2. The Balaban J connectivity index is 1.35. The number of carbonyl (C=O) groups excluding carboxylic acids is 1. The summed E-state index contributed by atoms with van der Waals surface area (Å²) in [5.74, 6) is 1.89. The SMILES string of the molecule is COc1ccc(-c2ccc(N3CCN(C(=O)Nc4cccc(C(F)(F)F)c4)CC3)nn2)cc1OC. The van der Waals surface area contributed by atoms with Gasteiger partial charge < -0.3 is 24.6 Å². The minimum absolute atomic E-state index is 0.101. The number of methoxy groups -OCH3 is 2. The van der Waals surface area contributed by atoms with Crippen molar-refractivity contribution in [1.29, 1.82) is 0 Å². The van der Waals surface area contributed by atoms with Gasteiger partial charge in [0.25, 0.3) is 0 Å². The zero-order valence-electron chi connectivity index (χ0n) is 19.2. The van der Waals surface area contributed by atoms with Gasteiger partial charge in [-0.15, -0.1) is 10.2 Å². The number of benzene rings is 2. The van der Waals surface area contributed by atoms with E-state index in [-0.39, 0.29) is 5.69 Å². The van der Waals surface area contributed by atoms with E-state index in [1.54, 1.807) is 25.2 Å². The van der Waals surface area contributed by atoms with Crippen LogP contribution >= 0.6 is 0 Å². The number of alkyl halides is 3. The molecule has 0 aliphatic carbocycles. The first kappa shape index (κ1) is 24.1. The Morgan fingerprint density at radius 3 is 2.29 bits per heavy atom. The molecule has 4 rings (SSSR count). The van der Waals surface area contributed by atoms with Crippen LogP contribution in [-0.2, 0) is 6.18 Å². The molecule has 1 fully saturated rings. The van der Waals surface area contributed by atoms with Gasteiger partial charge in [-0.3, -0.25) is 0 Å². The lowest BCUT2D eigenvalue weighted by Gasteiger charge is -2.35. The summed E-state index contributed by atoms with van der Waals surface area (Å²) < 4.78 is 49.3. The van der Waals surface area contributed by atoms with Gasteiger partial charge in [0.1, 0.15) is 0 Å². The monoisotopic (exact) mass is 487 g/mol. The van der Waals surface area contributed by atoms with Gasteiger partial charge in [-0.05, 0) is 48.5 Å². The summed E-state index contributed by atoms with van der Waals surface area (Å²) in [7, 11) is 3.14. The van der Waals surface area contributed by atoms with Crippen LogP contribution in [0.1, 0.15) is 5.56 Å². The second-order valence-corrected chi connectivity index (χ2v) is 7.83. The third-order valence-corrected chi connectivity index (χ3v) is 5.66. The van der Waals surface area contributed by atoms with Gasteiger partial charge in [0, 0.05) is 37.4 Å². The topological polar surface area (TPSA) is 79.8 Å². The molecule has 35 heavy (non-hydrogen) atoms. The molecule has 0 saturated carbocycles. The third kappa shape index (κ3) is 5.56. The maximum Gasteiger partial charge on any atom is 0.416 e. The number of hydrogen-bond acceptors (Lipinski definition) is 6. The zero-order valence-corrected chi connectivity index (χ0v) is 19.2. The number of ether oxygens (including phenoxy) is 2. The molecule has 184 valence electrons. The van der Waals surface area contributed by atoms with Crippen molar-refractivity contribution >= 4 is 17.5 Å². The van der Waals surface area contributed by atoms with E-state index in [1.807, 2.05) is 29.2 Å². The number of rotatable bonds is 5. The van der Waals surface area contributed by atoms with Crippen molar-refractivity contribution in [2.75, 3.05) is 50.6 Å². The largest absolute Gasteiger partial charge is 0.493 e. The average molecular weight is 487 g/mol. The second-order valence-electron chi connectivity index (χ2n) is 7.83. The van der Waals surface area contributed by atoms with Gasteiger partial charge in [0.15, 0.2) is 17.3 Å². The summed E-state index contributed by atoms with van der Waals surface area (Å²) in [5.41, 5.74) is 0.797. The van der Waals surface area contributed by atoms with Crippen molar-refractivity contribution in [3.8, 4) is 22.8 Å². The first-order chi connectivity index (χ1) is 16.8. The highest BCUT2D eigenvalue weighted by Gasteiger charge is 2.31. The molecule has 1 aliphatic rings. The van der Waals surface area contributed by atoms with E-state index in [9.17, 15) is 18.0 Å². The number of piperazine rings is 1. The summed E-state index contributed by atoms with van der Waals surface area (Å²) in [6.45, 7) is 1.81. The van der Waals surface area contributed by atoms with E-state index in [0.717, 1.165) is 17.7 Å². The Morgan fingerprint density at radius 2 is 1.66 bits per heavy atom. The van der Waals surface area contributed by atoms with E-state index < -0.39 is 17.8 Å². The molecule has 0 unspecified atom stereocenters. The molecule has 2 amide bonds. The number of halogens is 3. The van der Waals surface area contributed by atoms with Gasteiger partial charge in [-0.2, -0.15) is 13.2 Å². The Kier molecular flexibility index (Phi) is 6.94. The Hall–Kier alpha value is -4.02. The van der Waals surface area contributed by atoms with Gasteiger partial charge in [0.2, 0.25) is 0 Å². The van der Waals surface area contributed by atoms with Crippen LogP contribution in [0, 0.1) is 0 Å². The molecule has 1 aromatic heterocycles. The standard InChI is InChI=1S/C24H24F3N5O3/c1-34-20-8-6-16(14-21(20)35-2)19-7-9-22(30-29-19)31-10-12-32(13-11-31)23(33)28-18-5-3-4-17(15-18)24(25,26)27/h3-9,14-15H,10-13H2,1-2H3,(H,28,33). The van der Waals surface area contributed by atoms with Gasteiger partial charge in [-0.25, -0.2) is 4.79 Å². The quantitative estimate of drug-likeness (QED) is 0.570. The van der Waals surface area contributed by atoms with Crippen LogP contribution in [0.25, 0.3) is 11.3 Å². The molecule has 3 aromatic rings. The van der Waals surface area contributed by atoms with Gasteiger partial charge >= 0.3 is 12.2 Å². The van der Waals surface area contributed by atoms with Crippen molar-refractivity contribution in [3.63, 3.8) is 0 Å². The molecule has 1 N–H and O–H groups in total. The molecule has 1 aliphatic heterocycles. The van der Waals surface area contributed by atoms with Gasteiger partial charge in [0.05, 0.1) is 25.5 Å². The predicted molar refractivity (Wildman–Crippen MR) is 125 cm³/mol. The fourth-order valence-corrected chi connectivity index (χ4v) is 3.76. The van der Waals surface area contributed by atoms with Crippen LogP contribution < -0.4 is 19.7 Å². The molecule has 0 atom stereocenters. The lowest BCUT2D eigenvalue weighted by molar-refractivity contribution is -0.137. The first-order valence-corrected chi connectivity index (χ1v) is 10.8. The molecular weight excluding hydrogens is 463 g/mol. The predicted octanol–water partition coefficient (Wildman–Crippen LogP) is 4.53. The zero-order chi connectivity index (χ0) is 25.0. The molecule has 1 saturated heterocycles. The summed E-state index contributed by atoms with van der Waals surface area (Å²) in [6, 6.07) is 13.3. The van der Waals surface area contributed by atoms with Crippen molar-refractivity contribution in [1.82, 2.24) is 15.1 Å². The minimum atomic E-state index is -4.47. The number of aromatic nitrogens is 2. The molecule has 0 bridgehead atoms. The normalized spacial score (nSPS) is 14.0. The van der Waals surface area contributed by atoms with Crippen LogP contribution in [0.15, 0.2) is 54.6 Å². The first-order valence-electron chi connectivity index (χ1n) is 10.8. The fraction of sp³-hybridized carbons (Fsp3) is 0.292.